The lowest BCUT2D eigenvalue weighted by atomic mass is 9.73. The number of carbonyl (C=O) groups excluding carboxylic acids is 1. The zero-order valence-corrected chi connectivity index (χ0v) is 27.3. The van der Waals surface area contributed by atoms with Crippen LogP contribution in [0.5, 0.6) is 0 Å². The Kier molecular flexibility index (Phi) is 9.08. The summed E-state index contributed by atoms with van der Waals surface area (Å²) in [5, 5.41) is 24.5. The Labute approximate surface area is 262 Å². The van der Waals surface area contributed by atoms with Crippen molar-refractivity contribution in [1.82, 2.24) is 20.3 Å². The van der Waals surface area contributed by atoms with Crippen molar-refractivity contribution in [2.75, 3.05) is 42.6 Å². The maximum atomic E-state index is 12.6. The lowest BCUT2D eigenvalue weighted by molar-refractivity contribution is 0.00437. The predicted octanol–water partition coefficient (Wildman–Crippen LogP) is 4.27. The highest BCUT2D eigenvalue weighted by Gasteiger charge is 2.50. The number of amides is 1. The van der Waals surface area contributed by atoms with E-state index in [1.165, 1.54) is 11.8 Å². The smallest absolute Gasteiger partial charge is 0.407 e. The van der Waals surface area contributed by atoms with Gasteiger partial charge in [0, 0.05) is 37.5 Å². The Morgan fingerprint density at radius 3 is 2.49 bits per heavy atom. The Balaban J connectivity index is 1.22. The molecule has 0 aliphatic carbocycles. The largest absolute Gasteiger partial charge is 0.444 e. The van der Waals surface area contributed by atoms with Gasteiger partial charge >= 0.3 is 6.09 Å². The number of pyridine rings is 1. The van der Waals surface area contributed by atoms with E-state index in [-0.39, 0.29) is 30.1 Å². The standard InChI is InChI=1S/C30H43ClN6O5S/c1-18-24(35-27(39)42-28(2,3)4)30(17-41-18)9-11-36(12-10-30)26-20(16-38)33-23(13-32-26)43-21-7-8-22(34-25(21)31)37-14-19(15-37)29(5,6)40/h7-8,13,18-19,24,38,40H,9-12,14-17H2,1-6H3,(H,35,39)/t18-,24+/m0/s1. The van der Waals surface area contributed by atoms with Crippen LogP contribution in [0.15, 0.2) is 28.3 Å². The van der Waals surface area contributed by atoms with Gasteiger partial charge in [-0.15, -0.1) is 0 Å². The number of halogens is 1. The number of aliphatic hydroxyl groups excluding tert-OH is 1. The van der Waals surface area contributed by atoms with E-state index in [1.807, 2.05) is 53.7 Å². The molecule has 0 unspecified atom stereocenters. The first-order valence-corrected chi connectivity index (χ1v) is 16.0. The van der Waals surface area contributed by atoms with Gasteiger partial charge in [0.1, 0.15) is 27.3 Å². The number of alkyl carbamates (subject to hydrolysis) is 1. The average Bonchev–Trinajstić information content (AvgIpc) is 3.17. The van der Waals surface area contributed by atoms with Crippen LogP contribution < -0.4 is 15.1 Å². The summed E-state index contributed by atoms with van der Waals surface area (Å²) in [6.45, 7) is 14.4. The third-order valence-corrected chi connectivity index (χ3v) is 10.0. The molecule has 3 N–H and O–H groups in total. The van der Waals surface area contributed by atoms with Crippen LogP contribution in [-0.4, -0.2) is 87.4 Å². The van der Waals surface area contributed by atoms with Crippen molar-refractivity contribution in [1.29, 1.82) is 0 Å². The first kappa shape index (κ1) is 32.0. The van der Waals surface area contributed by atoms with Crippen LogP contribution in [0.3, 0.4) is 0 Å². The summed E-state index contributed by atoms with van der Waals surface area (Å²) >= 11 is 7.89. The number of nitrogens with zero attached hydrogens (tertiary/aromatic N) is 5. The summed E-state index contributed by atoms with van der Waals surface area (Å²) in [6.07, 6.45) is 2.74. The molecular weight excluding hydrogens is 592 g/mol. The maximum absolute atomic E-state index is 12.6. The second-order valence-electron chi connectivity index (χ2n) is 13.4. The van der Waals surface area contributed by atoms with E-state index in [0.717, 1.165) is 36.6 Å². The van der Waals surface area contributed by atoms with Crippen molar-refractivity contribution in [3.8, 4) is 0 Å². The number of aromatic nitrogens is 3. The second kappa shape index (κ2) is 12.2. The number of carbonyl (C=O) groups is 1. The predicted molar refractivity (Wildman–Crippen MR) is 166 cm³/mol. The fourth-order valence-corrected chi connectivity index (χ4v) is 7.03. The molecule has 0 aromatic carbocycles. The Hall–Kier alpha value is -2.38. The molecule has 0 bridgehead atoms. The SMILES string of the molecule is C[C@@H]1OCC2(CCN(c3ncc(Sc4ccc(N5CC(C(C)(C)O)C5)nc4Cl)nc3CO)CC2)[C@@H]1NC(=O)OC(C)(C)C. The summed E-state index contributed by atoms with van der Waals surface area (Å²) in [6, 6.07) is 3.68. The number of hydrogen-bond acceptors (Lipinski definition) is 11. The normalized spacial score (nSPS) is 22.5. The summed E-state index contributed by atoms with van der Waals surface area (Å²) in [5.41, 5.74) is -0.989. The minimum Gasteiger partial charge on any atom is -0.444 e. The van der Waals surface area contributed by atoms with Gasteiger partial charge in [-0.25, -0.2) is 19.7 Å². The molecule has 2 aromatic heterocycles. The van der Waals surface area contributed by atoms with Gasteiger partial charge in [0.25, 0.3) is 0 Å². The molecule has 13 heteroatoms. The van der Waals surface area contributed by atoms with Crippen LogP contribution in [0.2, 0.25) is 5.15 Å². The summed E-state index contributed by atoms with van der Waals surface area (Å²) in [5.74, 6) is 1.63. The quantitative estimate of drug-likeness (QED) is 0.377. The first-order chi connectivity index (χ1) is 20.2. The van der Waals surface area contributed by atoms with E-state index in [9.17, 15) is 15.0 Å². The van der Waals surface area contributed by atoms with Crippen LogP contribution in [0.1, 0.15) is 60.1 Å². The second-order valence-corrected chi connectivity index (χ2v) is 14.9. The number of anilines is 2. The molecule has 3 aliphatic rings. The van der Waals surface area contributed by atoms with Crippen molar-refractivity contribution in [2.45, 2.75) is 94.3 Å². The first-order valence-electron chi connectivity index (χ1n) is 14.8. The number of ether oxygens (including phenoxy) is 2. The van der Waals surface area contributed by atoms with Crippen LogP contribution in [-0.2, 0) is 16.1 Å². The van der Waals surface area contributed by atoms with Crippen LogP contribution >= 0.6 is 23.4 Å². The van der Waals surface area contributed by atoms with Crippen molar-refractivity contribution >= 4 is 41.1 Å². The minimum absolute atomic E-state index is 0.117. The van der Waals surface area contributed by atoms with Crippen molar-refractivity contribution in [3.05, 3.63) is 29.2 Å². The van der Waals surface area contributed by atoms with E-state index in [2.05, 4.69) is 20.1 Å². The molecule has 236 valence electrons. The van der Waals surface area contributed by atoms with E-state index >= 15 is 0 Å². The fourth-order valence-electron chi connectivity index (χ4n) is 6.02. The highest BCUT2D eigenvalue weighted by atomic mass is 35.5. The summed E-state index contributed by atoms with van der Waals surface area (Å²) < 4.78 is 11.5. The molecule has 43 heavy (non-hydrogen) atoms. The zero-order chi connectivity index (χ0) is 31.2. The molecule has 2 atom stereocenters. The zero-order valence-electron chi connectivity index (χ0n) is 25.8. The van der Waals surface area contributed by atoms with Crippen LogP contribution in [0.25, 0.3) is 0 Å². The third-order valence-electron chi connectivity index (χ3n) is 8.66. The van der Waals surface area contributed by atoms with E-state index < -0.39 is 17.3 Å². The molecule has 0 radical (unpaired) electrons. The molecule has 0 saturated carbocycles. The van der Waals surface area contributed by atoms with Gasteiger partial charge in [-0.05, 0) is 66.5 Å². The Morgan fingerprint density at radius 2 is 1.88 bits per heavy atom. The maximum Gasteiger partial charge on any atom is 0.407 e. The average molecular weight is 635 g/mol. The molecule has 1 spiro atoms. The van der Waals surface area contributed by atoms with Crippen LogP contribution in [0, 0.1) is 11.3 Å². The van der Waals surface area contributed by atoms with Gasteiger partial charge in [-0.2, -0.15) is 0 Å². The van der Waals surface area contributed by atoms with E-state index in [4.69, 9.17) is 31.0 Å². The number of hydrogen-bond donors (Lipinski definition) is 3. The highest BCUT2D eigenvalue weighted by Crippen LogP contribution is 2.43. The molecule has 11 nitrogen and oxygen atoms in total. The Morgan fingerprint density at radius 1 is 1.19 bits per heavy atom. The van der Waals surface area contributed by atoms with Crippen molar-refractivity contribution in [2.24, 2.45) is 11.3 Å². The van der Waals surface area contributed by atoms with Crippen LogP contribution in [0.4, 0.5) is 16.4 Å². The monoisotopic (exact) mass is 634 g/mol. The van der Waals surface area contributed by atoms with E-state index in [0.29, 0.717) is 41.4 Å². The topological polar surface area (TPSA) is 133 Å². The van der Waals surface area contributed by atoms with Crippen molar-refractivity contribution in [3.63, 3.8) is 0 Å². The lowest BCUT2D eigenvalue weighted by Crippen LogP contribution is -2.56. The number of nitrogens with one attached hydrogen (secondary N) is 1. The molecule has 5 rings (SSSR count). The van der Waals surface area contributed by atoms with Gasteiger partial charge in [-0.1, -0.05) is 23.4 Å². The van der Waals surface area contributed by atoms with Crippen molar-refractivity contribution < 1.29 is 24.5 Å². The minimum atomic E-state index is -0.716. The molecule has 2 aromatic rings. The molecule has 3 fully saturated rings. The number of aliphatic hydroxyl groups is 2. The summed E-state index contributed by atoms with van der Waals surface area (Å²) in [4.78, 5) is 31.5. The fraction of sp³-hybridized carbons (Fsp3) is 0.667. The van der Waals surface area contributed by atoms with Gasteiger partial charge in [0.05, 0.1) is 42.1 Å². The van der Waals surface area contributed by atoms with Gasteiger partial charge < -0.3 is 34.8 Å². The van der Waals surface area contributed by atoms with Gasteiger partial charge in [0.15, 0.2) is 5.82 Å². The highest BCUT2D eigenvalue weighted by molar-refractivity contribution is 7.99. The molecule has 1 amide bonds. The number of rotatable bonds is 7. The van der Waals surface area contributed by atoms with E-state index in [1.54, 1.807) is 6.20 Å². The molecule has 3 aliphatic heterocycles. The van der Waals surface area contributed by atoms with Gasteiger partial charge in [-0.3, -0.25) is 0 Å². The van der Waals surface area contributed by atoms with Gasteiger partial charge in [0.2, 0.25) is 0 Å². The molecular formula is C30H43ClN6O5S. The molecule has 3 saturated heterocycles. The number of piperidine rings is 1. The molecule has 5 heterocycles. The lowest BCUT2D eigenvalue weighted by Gasteiger charge is -2.45. The Bertz CT molecular complexity index is 1320. The third kappa shape index (κ3) is 7.14. The summed E-state index contributed by atoms with van der Waals surface area (Å²) in [7, 11) is 0.